The van der Waals surface area contributed by atoms with Crippen LogP contribution < -0.4 is 5.73 Å². The van der Waals surface area contributed by atoms with Gasteiger partial charge in [-0.3, -0.25) is 4.90 Å². The summed E-state index contributed by atoms with van der Waals surface area (Å²) in [5, 5.41) is 9.37. The van der Waals surface area contributed by atoms with E-state index in [4.69, 9.17) is 5.73 Å². The molecule has 0 amide bonds. The quantitative estimate of drug-likeness (QED) is 0.813. The lowest BCUT2D eigenvalue weighted by Crippen LogP contribution is -2.41. The van der Waals surface area contributed by atoms with E-state index in [2.05, 4.69) is 18.9 Å². The van der Waals surface area contributed by atoms with E-state index in [0.29, 0.717) is 17.8 Å². The van der Waals surface area contributed by atoms with Gasteiger partial charge < -0.3 is 10.8 Å². The fourth-order valence-corrected chi connectivity index (χ4v) is 2.86. The molecule has 0 saturated heterocycles. The summed E-state index contributed by atoms with van der Waals surface area (Å²) in [6.45, 7) is 2.93. The molecule has 2 unspecified atom stereocenters. The van der Waals surface area contributed by atoms with Crippen LogP contribution in [0.2, 0.25) is 0 Å². The maximum atomic E-state index is 9.37. The van der Waals surface area contributed by atoms with Gasteiger partial charge in [0.2, 0.25) is 0 Å². The Bertz CT molecular complexity index is 373. The van der Waals surface area contributed by atoms with Crippen molar-refractivity contribution in [1.29, 1.82) is 0 Å². The summed E-state index contributed by atoms with van der Waals surface area (Å²) in [6.07, 6.45) is 3.70. The summed E-state index contributed by atoms with van der Waals surface area (Å²) >= 11 is 0. The first-order chi connectivity index (χ1) is 8.67. The zero-order chi connectivity index (χ0) is 13.1. The second kappa shape index (κ2) is 5.72. The highest BCUT2D eigenvalue weighted by atomic mass is 16.3. The topological polar surface area (TPSA) is 49.5 Å². The van der Waals surface area contributed by atoms with Crippen molar-refractivity contribution >= 4 is 0 Å². The number of benzene rings is 1. The van der Waals surface area contributed by atoms with E-state index in [-0.39, 0.29) is 0 Å². The first-order valence-corrected chi connectivity index (χ1v) is 6.88. The van der Waals surface area contributed by atoms with Crippen LogP contribution in [-0.4, -0.2) is 29.6 Å². The Morgan fingerprint density at radius 2 is 1.94 bits per heavy atom. The number of hydrogen-bond donors (Lipinski definition) is 2. The maximum Gasteiger partial charge on any atom is 0.115 e. The molecule has 0 radical (unpaired) electrons. The molecule has 3 N–H and O–H groups in total. The summed E-state index contributed by atoms with van der Waals surface area (Å²) in [6, 6.07) is 8.44. The lowest BCUT2D eigenvalue weighted by molar-refractivity contribution is 0.155. The Morgan fingerprint density at radius 3 is 2.39 bits per heavy atom. The van der Waals surface area contributed by atoms with Gasteiger partial charge in [0.25, 0.3) is 0 Å². The predicted molar refractivity (Wildman–Crippen MR) is 74.5 cm³/mol. The standard InChI is InChI=1S/C15H24N2O/c1-3-14(11-6-8-13(18)9-7-11)17(2)15(10-16)12-4-5-12/h6-9,12,14-15,18H,3-5,10,16H2,1-2H3. The zero-order valence-corrected chi connectivity index (χ0v) is 11.3. The molecule has 3 nitrogen and oxygen atoms in total. The molecule has 0 spiro atoms. The van der Waals surface area contributed by atoms with Crippen LogP contribution >= 0.6 is 0 Å². The van der Waals surface area contributed by atoms with E-state index in [0.717, 1.165) is 18.9 Å². The molecule has 0 aromatic heterocycles. The Balaban J connectivity index is 2.13. The Labute approximate surface area is 110 Å². The third kappa shape index (κ3) is 2.85. The van der Waals surface area contributed by atoms with Crippen LogP contribution in [0.15, 0.2) is 24.3 Å². The number of aromatic hydroxyl groups is 1. The molecule has 1 aliphatic rings. The predicted octanol–water partition coefficient (Wildman–Crippen LogP) is 2.51. The fourth-order valence-electron chi connectivity index (χ4n) is 2.86. The number of nitrogens with two attached hydrogens (primary N) is 1. The highest BCUT2D eigenvalue weighted by molar-refractivity contribution is 5.28. The van der Waals surface area contributed by atoms with Crippen molar-refractivity contribution in [3.05, 3.63) is 29.8 Å². The number of nitrogens with zero attached hydrogens (tertiary/aromatic N) is 1. The summed E-state index contributed by atoms with van der Waals surface area (Å²) in [5.41, 5.74) is 7.19. The van der Waals surface area contributed by atoms with Crippen molar-refractivity contribution < 1.29 is 5.11 Å². The second-order valence-electron chi connectivity index (χ2n) is 5.32. The zero-order valence-electron chi connectivity index (χ0n) is 11.3. The minimum atomic E-state index is 0.328. The number of phenols is 1. The van der Waals surface area contributed by atoms with Gasteiger partial charge in [0.1, 0.15) is 5.75 Å². The van der Waals surface area contributed by atoms with E-state index in [1.54, 1.807) is 12.1 Å². The first-order valence-electron chi connectivity index (χ1n) is 6.88. The highest BCUT2D eigenvalue weighted by Gasteiger charge is 2.35. The van der Waals surface area contributed by atoms with Crippen molar-refractivity contribution in [3.8, 4) is 5.75 Å². The molecule has 0 bridgehead atoms. The first kappa shape index (κ1) is 13.4. The summed E-state index contributed by atoms with van der Waals surface area (Å²) in [5.74, 6) is 1.11. The van der Waals surface area contributed by atoms with E-state index >= 15 is 0 Å². The van der Waals surface area contributed by atoms with Crippen molar-refractivity contribution in [3.63, 3.8) is 0 Å². The van der Waals surface area contributed by atoms with Crippen LogP contribution in [0.5, 0.6) is 5.75 Å². The number of phenolic OH excluding ortho intramolecular Hbond substituents is 1. The molecule has 1 aliphatic carbocycles. The van der Waals surface area contributed by atoms with E-state index in [1.165, 1.54) is 18.4 Å². The van der Waals surface area contributed by atoms with Crippen LogP contribution in [0.1, 0.15) is 37.8 Å². The van der Waals surface area contributed by atoms with Gasteiger partial charge in [0.05, 0.1) is 0 Å². The molecule has 18 heavy (non-hydrogen) atoms. The van der Waals surface area contributed by atoms with Gasteiger partial charge in [-0.2, -0.15) is 0 Å². The molecule has 2 atom stereocenters. The van der Waals surface area contributed by atoms with Crippen LogP contribution in [0.3, 0.4) is 0 Å². The second-order valence-corrected chi connectivity index (χ2v) is 5.32. The lowest BCUT2D eigenvalue weighted by atomic mass is 10.00. The van der Waals surface area contributed by atoms with Gasteiger partial charge in [-0.15, -0.1) is 0 Å². The largest absolute Gasteiger partial charge is 0.508 e. The molecule has 1 saturated carbocycles. The summed E-state index contributed by atoms with van der Waals surface area (Å²) < 4.78 is 0. The van der Waals surface area contributed by atoms with E-state index in [1.807, 2.05) is 12.1 Å². The van der Waals surface area contributed by atoms with E-state index < -0.39 is 0 Å². The number of hydrogen-bond acceptors (Lipinski definition) is 3. The molecule has 1 fully saturated rings. The molecule has 100 valence electrons. The van der Waals surface area contributed by atoms with Gasteiger partial charge in [-0.25, -0.2) is 0 Å². The minimum absolute atomic E-state index is 0.328. The Kier molecular flexibility index (Phi) is 4.25. The normalized spacial score (nSPS) is 18.9. The summed E-state index contributed by atoms with van der Waals surface area (Å²) in [4.78, 5) is 2.42. The third-order valence-corrected chi connectivity index (χ3v) is 4.09. The SMILES string of the molecule is CCC(c1ccc(O)cc1)N(C)C(CN)C1CC1. The molecule has 0 aliphatic heterocycles. The Morgan fingerprint density at radius 1 is 1.33 bits per heavy atom. The highest BCUT2D eigenvalue weighted by Crippen LogP contribution is 2.38. The third-order valence-electron chi connectivity index (χ3n) is 4.09. The molecule has 1 aromatic carbocycles. The molecule has 0 heterocycles. The monoisotopic (exact) mass is 248 g/mol. The summed E-state index contributed by atoms with van der Waals surface area (Å²) in [7, 11) is 2.18. The van der Waals surface area contributed by atoms with Crippen molar-refractivity contribution in [1.82, 2.24) is 4.90 Å². The maximum absolute atomic E-state index is 9.37. The molecular formula is C15H24N2O. The Hall–Kier alpha value is -1.06. The van der Waals surface area contributed by atoms with Gasteiger partial charge in [0, 0.05) is 18.6 Å². The number of rotatable bonds is 6. The van der Waals surface area contributed by atoms with Gasteiger partial charge in [-0.05, 0) is 49.9 Å². The van der Waals surface area contributed by atoms with Crippen molar-refractivity contribution in [2.24, 2.45) is 11.7 Å². The molecule has 2 rings (SSSR count). The fraction of sp³-hybridized carbons (Fsp3) is 0.600. The smallest absolute Gasteiger partial charge is 0.115 e. The number of likely N-dealkylation sites (N-methyl/N-ethyl adjacent to an activating group) is 1. The average molecular weight is 248 g/mol. The van der Waals surface area contributed by atoms with Gasteiger partial charge in [-0.1, -0.05) is 19.1 Å². The van der Waals surface area contributed by atoms with Crippen LogP contribution in [0.4, 0.5) is 0 Å². The lowest BCUT2D eigenvalue weighted by Gasteiger charge is -2.34. The molecule has 1 aromatic rings. The van der Waals surface area contributed by atoms with Crippen LogP contribution in [0, 0.1) is 5.92 Å². The molecular weight excluding hydrogens is 224 g/mol. The van der Waals surface area contributed by atoms with Crippen molar-refractivity contribution in [2.75, 3.05) is 13.6 Å². The van der Waals surface area contributed by atoms with Crippen LogP contribution in [-0.2, 0) is 0 Å². The molecule has 3 heteroatoms. The van der Waals surface area contributed by atoms with E-state index in [9.17, 15) is 5.11 Å². The average Bonchev–Trinajstić information content (AvgIpc) is 3.18. The van der Waals surface area contributed by atoms with Crippen molar-refractivity contribution in [2.45, 2.75) is 38.3 Å². The van der Waals surface area contributed by atoms with Gasteiger partial charge in [0.15, 0.2) is 0 Å². The minimum Gasteiger partial charge on any atom is -0.508 e. The van der Waals surface area contributed by atoms with Gasteiger partial charge >= 0.3 is 0 Å². The van der Waals surface area contributed by atoms with Crippen LogP contribution in [0.25, 0.3) is 0 Å².